The van der Waals surface area contributed by atoms with Crippen molar-refractivity contribution < 1.29 is 0 Å². The third-order valence-corrected chi connectivity index (χ3v) is 5.13. The van der Waals surface area contributed by atoms with Gasteiger partial charge in [-0.15, -0.1) is 0 Å². The summed E-state index contributed by atoms with van der Waals surface area (Å²) in [6.07, 6.45) is 7.93. The molecule has 3 heteroatoms. The highest BCUT2D eigenvalue weighted by Crippen LogP contribution is 2.31. The van der Waals surface area contributed by atoms with Crippen molar-refractivity contribution in [2.75, 3.05) is 0 Å². The molecule has 1 N–H and O–H groups in total. The summed E-state index contributed by atoms with van der Waals surface area (Å²) in [5.74, 6) is 0.809. The van der Waals surface area contributed by atoms with Crippen LogP contribution in [0.4, 0.5) is 0 Å². The first kappa shape index (κ1) is 16.1. The highest BCUT2D eigenvalue weighted by atomic mass is 35.5. The predicted octanol–water partition coefficient (Wildman–Crippen LogP) is 6.00. The second-order valence-corrected chi connectivity index (χ2v) is 6.82. The number of hydrogen-bond donors (Lipinski definition) is 1. The second-order valence-electron chi connectivity index (χ2n) is 5.98. The van der Waals surface area contributed by atoms with Gasteiger partial charge in [0.25, 0.3) is 0 Å². The van der Waals surface area contributed by atoms with Crippen molar-refractivity contribution in [2.45, 2.75) is 64.5 Å². The fourth-order valence-electron chi connectivity index (χ4n) is 3.30. The van der Waals surface area contributed by atoms with Gasteiger partial charge in [-0.1, -0.05) is 55.5 Å². The van der Waals surface area contributed by atoms with E-state index in [0.717, 1.165) is 17.4 Å². The van der Waals surface area contributed by atoms with E-state index in [1.807, 2.05) is 12.1 Å². The topological polar surface area (TPSA) is 12.0 Å². The summed E-state index contributed by atoms with van der Waals surface area (Å²) < 4.78 is 0. The zero-order valence-corrected chi connectivity index (χ0v) is 14.0. The first-order valence-corrected chi connectivity index (χ1v) is 8.58. The van der Waals surface area contributed by atoms with E-state index in [4.69, 9.17) is 23.2 Å². The molecule has 0 heterocycles. The first-order valence-electron chi connectivity index (χ1n) is 7.82. The maximum Gasteiger partial charge on any atom is 0.0468 e. The molecule has 1 aliphatic carbocycles. The van der Waals surface area contributed by atoms with E-state index in [1.165, 1.54) is 37.7 Å². The van der Waals surface area contributed by atoms with E-state index in [-0.39, 0.29) is 0 Å². The van der Waals surface area contributed by atoms with E-state index in [0.29, 0.717) is 17.1 Å². The van der Waals surface area contributed by atoms with E-state index >= 15 is 0 Å². The summed E-state index contributed by atoms with van der Waals surface area (Å²) in [6.45, 7) is 4.53. The number of halogens is 2. The average Bonchev–Trinajstić information content (AvgIpc) is 2.46. The van der Waals surface area contributed by atoms with Gasteiger partial charge in [0.2, 0.25) is 0 Å². The summed E-state index contributed by atoms with van der Waals surface area (Å²) in [5, 5.41) is 5.26. The maximum absolute atomic E-state index is 6.35. The highest BCUT2D eigenvalue weighted by Gasteiger charge is 2.23. The van der Waals surface area contributed by atoms with Crippen LogP contribution in [0.25, 0.3) is 0 Å². The minimum absolute atomic E-state index is 0.316. The molecule has 2 unspecified atom stereocenters. The molecule has 1 aliphatic rings. The molecule has 1 fully saturated rings. The van der Waals surface area contributed by atoms with E-state index in [1.54, 1.807) is 0 Å². The van der Waals surface area contributed by atoms with Crippen LogP contribution in [0.2, 0.25) is 10.0 Å². The van der Waals surface area contributed by atoms with Gasteiger partial charge in [0.1, 0.15) is 0 Å². The molecule has 2 rings (SSSR count). The molecule has 1 saturated carbocycles. The monoisotopic (exact) mass is 313 g/mol. The molecule has 0 aliphatic heterocycles. The third kappa shape index (κ3) is 4.13. The summed E-state index contributed by atoms with van der Waals surface area (Å²) in [4.78, 5) is 0. The van der Waals surface area contributed by atoms with Crippen molar-refractivity contribution in [3.63, 3.8) is 0 Å². The molecule has 0 bridgehead atoms. The number of benzene rings is 1. The number of hydrogen-bond acceptors (Lipinski definition) is 1. The number of rotatable bonds is 5. The highest BCUT2D eigenvalue weighted by molar-refractivity contribution is 6.35. The molecule has 1 aromatic rings. The van der Waals surface area contributed by atoms with Gasteiger partial charge in [-0.2, -0.15) is 0 Å². The molecule has 0 saturated heterocycles. The standard InChI is InChI=1S/C17H25Cl2N/c1-3-17(15-10-9-14(18)11-16(15)19)20-12(2)13-7-5-4-6-8-13/h9-13,17,20H,3-8H2,1-2H3. The lowest BCUT2D eigenvalue weighted by atomic mass is 9.84. The Balaban J connectivity index is 2.04. The molecule has 0 spiro atoms. The van der Waals surface area contributed by atoms with Crippen LogP contribution in [0.5, 0.6) is 0 Å². The molecule has 0 amide bonds. The predicted molar refractivity (Wildman–Crippen MR) is 88.7 cm³/mol. The molecular weight excluding hydrogens is 289 g/mol. The van der Waals surface area contributed by atoms with Crippen molar-refractivity contribution in [1.29, 1.82) is 0 Å². The van der Waals surface area contributed by atoms with Gasteiger partial charge >= 0.3 is 0 Å². The zero-order valence-electron chi connectivity index (χ0n) is 12.5. The van der Waals surface area contributed by atoms with Crippen LogP contribution in [0.3, 0.4) is 0 Å². The molecule has 112 valence electrons. The third-order valence-electron chi connectivity index (χ3n) is 4.57. The van der Waals surface area contributed by atoms with Crippen molar-refractivity contribution >= 4 is 23.2 Å². The van der Waals surface area contributed by atoms with Gasteiger partial charge < -0.3 is 5.32 Å². The van der Waals surface area contributed by atoms with Crippen LogP contribution in [-0.2, 0) is 0 Å². The first-order chi connectivity index (χ1) is 9.61. The van der Waals surface area contributed by atoms with Gasteiger partial charge in [-0.3, -0.25) is 0 Å². The van der Waals surface area contributed by atoms with Crippen LogP contribution in [0, 0.1) is 5.92 Å². The van der Waals surface area contributed by atoms with Crippen LogP contribution in [0.15, 0.2) is 18.2 Å². The Morgan fingerprint density at radius 1 is 1.20 bits per heavy atom. The van der Waals surface area contributed by atoms with Crippen LogP contribution in [0.1, 0.15) is 64.0 Å². The van der Waals surface area contributed by atoms with E-state index < -0.39 is 0 Å². The minimum Gasteiger partial charge on any atom is -0.307 e. The molecule has 1 aromatic carbocycles. The van der Waals surface area contributed by atoms with E-state index in [2.05, 4.69) is 25.2 Å². The summed E-state index contributed by atoms with van der Waals surface area (Å²) in [6, 6.07) is 6.69. The zero-order chi connectivity index (χ0) is 14.5. The Morgan fingerprint density at radius 3 is 2.50 bits per heavy atom. The van der Waals surface area contributed by atoms with Gasteiger partial charge in [-0.25, -0.2) is 0 Å². The quantitative estimate of drug-likeness (QED) is 0.702. The normalized spacial score (nSPS) is 19.8. The molecule has 0 radical (unpaired) electrons. The van der Waals surface area contributed by atoms with Gasteiger partial charge in [-0.05, 0) is 49.8 Å². The number of nitrogens with one attached hydrogen (secondary N) is 1. The Morgan fingerprint density at radius 2 is 1.90 bits per heavy atom. The van der Waals surface area contributed by atoms with Crippen molar-refractivity contribution in [2.24, 2.45) is 5.92 Å². The van der Waals surface area contributed by atoms with Gasteiger partial charge in [0.15, 0.2) is 0 Å². The Bertz CT molecular complexity index is 427. The fourth-order valence-corrected chi connectivity index (χ4v) is 3.84. The fraction of sp³-hybridized carbons (Fsp3) is 0.647. The molecule has 20 heavy (non-hydrogen) atoms. The molecule has 1 nitrogen and oxygen atoms in total. The molecular formula is C17H25Cl2N. The lowest BCUT2D eigenvalue weighted by Crippen LogP contribution is -2.37. The van der Waals surface area contributed by atoms with Gasteiger partial charge in [0, 0.05) is 22.1 Å². The Labute approximate surface area is 133 Å². The van der Waals surface area contributed by atoms with Crippen molar-refractivity contribution in [3.8, 4) is 0 Å². The molecule has 0 aromatic heterocycles. The lowest BCUT2D eigenvalue weighted by molar-refractivity contribution is 0.262. The largest absolute Gasteiger partial charge is 0.307 e. The van der Waals surface area contributed by atoms with Crippen molar-refractivity contribution in [3.05, 3.63) is 33.8 Å². The maximum atomic E-state index is 6.35. The lowest BCUT2D eigenvalue weighted by Gasteiger charge is -2.32. The van der Waals surface area contributed by atoms with Gasteiger partial charge in [0.05, 0.1) is 0 Å². The second kappa shape index (κ2) is 7.68. The van der Waals surface area contributed by atoms with Crippen LogP contribution < -0.4 is 5.32 Å². The minimum atomic E-state index is 0.316. The average molecular weight is 314 g/mol. The molecule has 2 atom stereocenters. The van der Waals surface area contributed by atoms with E-state index in [9.17, 15) is 0 Å². The smallest absolute Gasteiger partial charge is 0.0468 e. The summed E-state index contributed by atoms with van der Waals surface area (Å²) in [7, 11) is 0. The summed E-state index contributed by atoms with van der Waals surface area (Å²) >= 11 is 12.3. The summed E-state index contributed by atoms with van der Waals surface area (Å²) in [5.41, 5.74) is 1.17. The van der Waals surface area contributed by atoms with Crippen LogP contribution >= 0.6 is 23.2 Å². The SMILES string of the molecule is CCC(NC(C)C1CCCCC1)c1ccc(Cl)cc1Cl. The Hall–Kier alpha value is -0.240. The van der Waals surface area contributed by atoms with Crippen LogP contribution in [-0.4, -0.2) is 6.04 Å². The van der Waals surface area contributed by atoms with Crippen molar-refractivity contribution in [1.82, 2.24) is 5.32 Å². The Kier molecular flexibility index (Phi) is 6.20.